The monoisotopic (exact) mass is 296 g/mol. The number of hydrogen-bond acceptors (Lipinski definition) is 2. The number of rotatable bonds is 4. The van der Waals surface area contributed by atoms with Gasteiger partial charge in [0, 0.05) is 23.6 Å². The van der Waals surface area contributed by atoms with Crippen LogP contribution in [0.5, 0.6) is 0 Å². The Morgan fingerprint density at radius 1 is 1.35 bits per heavy atom. The van der Waals surface area contributed by atoms with Crippen molar-refractivity contribution < 1.29 is 0 Å². The molecule has 1 aliphatic heterocycles. The van der Waals surface area contributed by atoms with Crippen LogP contribution in [0.4, 0.5) is 5.69 Å². The molecule has 0 radical (unpaired) electrons. The molecule has 1 aromatic carbocycles. The second kappa shape index (κ2) is 5.87. The first-order valence-corrected chi connectivity index (χ1v) is 7.29. The molecule has 3 heteroatoms. The second-order valence-corrected chi connectivity index (χ2v) is 5.71. The third-order valence-corrected chi connectivity index (χ3v) is 4.12. The molecular formula is C14H21BrN2. The molecule has 0 aromatic heterocycles. The smallest absolute Gasteiger partial charge is 0.0510 e. The van der Waals surface area contributed by atoms with Crippen molar-refractivity contribution in [2.24, 2.45) is 5.73 Å². The molecule has 1 unspecified atom stereocenters. The van der Waals surface area contributed by atoms with Crippen LogP contribution in [0.15, 0.2) is 22.7 Å². The summed E-state index contributed by atoms with van der Waals surface area (Å²) in [4.78, 5) is 2.45. The van der Waals surface area contributed by atoms with Crippen LogP contribution in [0, 0.1) is 0 Å². The van der Waals surface area contributed by atoms with E-state index in [2.05, 4.69) is 46.0 Å². The largest absolute Gasteiger partial charge is 0.371 e. The molecule has 2 N–H and O–H groups in total. The maximum Gasteiger partial charge on any atom is 0.0510 e. The second-order valence-electron chi connectivity index (χ2n) is 4.85. The number of halogens is 1. The van der Waals surface area contributed by atoms with Gasteiger partial charge in [0.25, 0.3) is 0 Å². The molecule has 1 aliphatic rings. The fraction of sp³-hybridized carbons (Fsp3) is 0.571. The highest BCUT2D eigenvalue weighted by Gasteiger charge is 2.15. The minimum absolute atomic E-state index is 0.277. The molecule has 1 fully saturated rings. The van der Waals surface area contributed by atoms with Crippen molar-refractivity contribution in [3.63, 3.8) is 0 Å². The molecular weight excluding hydrogens is 276 g/mol. The fourth-order valence-corrected chi connectivity index (χ4v) is 3.02. The lowest BCUT2D eigenvalue weighted by molar-refractivity contribution is 0.646. The maximum atomic E-state index is 5.99. The molecule has 2 rings (SSSR count). The predicted octanol–water partition coefficient (Wildman–Crippen LogP) is 3.33. The van der Waals surface area contributed by atoms with Crippen LogP contribution < -0.4 is 10.6 Å². The standard InChI is InChI=1S/C14H21BrN2/c1-2-12(16)9-11-5-6-14(13(15)10-11)17-7-3-4-8-17/h5-6,10,12H,2-4,7-9,16H2,1H3. The predicted molar refractivity (Wildman–Crippen MR) is 77.6 cm³/mol. The Kier molecular flexibility index (Phi) is 4.46. The van der Waals surface area contributed by atoms with Crippen LogP contribution >= 0.6 is 15.9 Å². The highest BCUT2D eigenvalue weighted by molar-refractivity contribution is 9.10. The van der Waals surface area contributed by atoms with Gasteiger partial charge in [-0.05, 0) is 59.3 Å². The average molecular weight is 297 g/mol. The first kappa shape index (κ1) is 12.9. The molecule has 0 spiro atoms. The van der Waals surface area contributed by atoms with Gasteiger partial charge >= 0.3 is 0 Å². The number of nitrogens with zero attached hydrogens (tertiary/aromatic N) is 1. The lowest BCUT2D eigenvalue weighted by Crippen LogP contribution is -2.22. The summed E-state index contributed by atoms with van der Waals surface area (Å²) in [6.45, 7) is 4.51. The van der Waals surface area contributed by atoms with Crippen LogP contribution in [0.3, 0.4) is 0 Å². The number of nitrogens with two attached hydrogens (primary N) is 1. The number of benzene rings is 1. The van der Waals surface area contributed by atoms with E-state index < -0.39 is 0 Å². The topological polar surface area (TPSA) is 29.3 Å². The van der Waals surface area contributed by atoms with Gasteiger partial charge in [0.1, 0.15) is 0 Å². The summed E-state index contributed by atoms with van der Waals surface area (Å²) in [5.41, 5.74) is 8.65. The van der Waals surface area contributed by atoms with Crippen molar-refractivity contribution in [3.8, 4) is 0 Å². The van der Waals surface area contributed by atoms with Crippen LogP contribution in [0.2, 0.25) is 0 Å². The molecule has 94 valence electrons. The van der Waals surface area contributed by atoms with Gasteiger partial charge in [0.15, 0.2) is 0 Å². The van der Waals surface area contributed by atoms with Gasteiger partial charge in [0.05, 0.1) is 5.69 Å². The van der Waals surface area contributed by atoms with E-state index in [-0.39, 0.29) is 6.04 Å². The highest BCUT2D eigenvalue weighted by atomic mass is 79.9. The lowest BCUT2D eigenvalue weighted by Gasteiger charge is -2.20. The van der Waals surface area contributed by atoms with Gasteiger partial charge in [-0.1, -0.05) is 13.0 Å². The Bertz CT molecular complexity index is 372. The van der Waals surface area contributed by atoms with E-state index in [1.54, 1.807) is 0 Å². The third-order valence-electron chi connectivity index (χ3n) is 3.48. The molecule has 1 heterocycles. The van der Waals surface area contributed by atoms with E-state index in [9.17, 15) is 0 Å². The minimum atomic E-state index is 0.277. The van der Waals surface area contributed by atoms with Gasteiger partial charge in [0.2, 0.25) is 0 Å². The van der Waals surface area contributed by atoms with Crippen molar-refractivity contribution in [3.05, 3.63) is 28.2 Å². The zero-order chi connectivity index (χ0) is 12.3. The molecule has 1 saturated heterocycles. The van der Waals surface area contributed by atoms with E-state index in [0.717, 1.165) is 12.8 Å². The van der Waals surface area contributed by atoms with E-state index in [1.807, 2.05) is 0 Å². The Morgan fingerprint density at radius 2 is 2.06 bits per heavy atom. The molecule has 0 saturated carbocycles. The summed E-state index contributed by atoms with van der Waals surface area (Å²) in [5, 5.41) is 0. The van der Waals surface area contributed by atoms with Crippen molar-refractivity contribution in [1.29, 1.82) is 0 Å². The van der Waals surface area contributed by atoms with Crippen molar-refractivity contribution in [2.45, 2.75) is 38.6 Å². The van der Waals surface area contributed by atoms with E-state index in [4.69, 9.17) is 5.73 Å². The molecule has 1 aromatic rings. The summed E-state index contributed by atoms with van der Waals surface area (Å²) in [6.07, 6.45) is 4.63. The van der Waals surface area contributed by atoms with E-state index in [0.29, 0.717) is 0 Å². The normalized spacial score (nSPS) is 17.5. The molecule has 17 heavy (non-hydrogen) atoms. The fourth-order valence-electron chi connectivity index (χ4n) is 2.34. The Hall–Kier alpha value is -0.540. The summed E-state index contributed by atoms with van der Waals surface area (Å²) in [7, 11) is 0. The van der Waals surface area contributed by atoms with Crippen molar-refractivity contribution in [1.82, 2.24) is 0 Å². The minimum Gasteiger partial charge on any atom is -0.371 e. The average Bonchev–Trinajstić information content (AvgIpc) is 2.82. The van der Waals surface area contributed by atoms with Gasteiger partial charge in [-0.15, -0.1) is 0 Å². The Morgan fingerprint density at radius 3 is 2.65 bits per heavy atom. The Balaban J connectivity index is 2.10. The SMILES string of the molecule is CCC(N)Cc1ccc(N2CCCC2)c(Br)c1. The van der Waals surface area contributed by atoms with Gasteiger partial charge in [-0.25, -0.2) is 0 Å². The number of anilines is 1. The third kappa shape index (κ3) is 3.23. The molecule has 1 atom stereocenters. The molecule has 0 bridgehead atoms. The first-order chi connectivity index (χ1) is 8.20. The highest BCUT2D eigenvalue weighted by Crippen LogP contribution is 2.30. The maximum absolute atomic E-state index is 5.99. The van der Waals surface area contributed by atoms with Crippen molar-refractivity contribution >= 4 is 21.6 Å². The van der Waals surface area contributed by atoms with E-state index >= 15 is 0 Å². The summed E-state index contributed by atoms with van der Waals surface area (Å²) in [5.74, 6) is 0. The van der Waals surface area contributed by atoms with Crippen LogP contribution in [0.1, 0.15) is 31.7 Å². The van der Waals surface area contributed by atoms with Crippen LogP contribution in [-0.4, -0.2) is 19.1 Å². The first-order valence-electron chi connectivity index (χ1n) is 6.49. The van der Waals surface area contributed by atoms with Gasteiger partial charge in [-0.2, -0.15) is 0 Å². The van der Waals surface area contributed by atoms with Crippen LogP contribution in [-0.2, 0) is 6.42 Å². The zero-order valence-electron chi connectivity index (χ0n) is 10.5. The molecule has 2 nitrogen and oxygen atoms in total. The summed E-state index contributed by atoms with van der Waals surface area (Å²) < 4.78 is 1.21. The van der Waals surface area contributed by atoms with Crippen LogP contribution in [0.25, 0.3) is 0 Å². The van der Waals surface area contributed by atoms with Crippen molar-refractivity contribution in [2.75, 3.05) is 18.0 Å². The van der Waals surface area contributed by atoms with E-state index in [1.165, 1.54) is 41.7 Å². The Labute approximate surface area is 112 Å². The summed E-state index contributed by atoms with van der Waals surface area (Å²) in [6, 6.07) is 6.95. The number of hydrogen-bond donors (Lipinski definition) is 1. The molecule has 0 aliphatic carbocycles. The van der Waals surface area contributed by atoms with Gasteiger partial charge in [-0.3, -0.25) is 0 Å². The summed E-state index contributed by atoms with van der Waals surface area (Å²) >= 11 is 3.69. The van der Waals surface area contributed by atoms with Gasteiger partial charge < -0.3 is 10.6 Å². The zero-order valence-corrected chi connectivity index (χ0v) is 12.0. The molecule has 0 amide bonds. The lowest BCUT2D eigenvalue weighted by atomic mass is 10.0. The quantitative estimate of drug-likeness (QED) is 0.923.